The summed E-state index contributed by atoms with van der Waals surface area (Å²) in [4.78, 5) is 30.7. The Hall–Kier alpha value is -4.53. The first-order valence-corrected chi connectivity index (χ1v) is 11.4. The minimum absolute atomic E-state index is 0.0120. The third-order valence-electron chi connectivity index (χ3n) is 5.87. The van der Waals surface area contributed by atoms with Crippen molar-refractivity contribution in [2.75, 3.05) is 25.6 Å². The molecular weight excluding hydrogens is 465 g/mol. The van der Waals surface area contributed by atoms with Crippen molar-refractivity contribution in [1.29, 1.82) is 0 Å². The number of halogens is 1. The number of anilines is 1. The fourth-order valence-corrected chi connectivity index (χ4v) is 4.06. The van der Waals surface area contributed by atoms with Gasteiger partial charge in [-0.25, -0.2) is 9.18 Å². The number of aromatic amines is 1. The van der Waals surface area contributed by atoms with Crippen molar-refractivity contribution in [2.45, 2.75) is 13.1 Å². The average molecular weight is 490 g/mol. The Morgan fingerprint density at radius 2 is 1.75 bits per heavy atom. The standard InChI is InChI=1S/C27H24FN3O5/c1-34-23-5-3-2-4-21(23)30-27(33)31(15-17-6-8-20(28)9-7-17)16-19-12-18-13-24-25(36-11-10-35-24)14-22(18)29-26(19)32/h2-9,12-14H,10-11,15-16H2,1H3,(H,29,32)(H,30,33). The van der Waals surface area contributed by atoms with Crippen LogP contribution in [0.3, 0.4) is 0 Å². The van der Waals surface area contributed by atoms with E-state index in [2.05, 4.69) is 10.3 Å². The summed E-state index contributed by atoms with van der Waals surface area (Å²) in [6.07, 6.45) is 0. The van der Waals surface area contributed by atoms with Gasteiger partial charge in [0.2, 0.25) is 0 Å². The van der Waals surface area contributed by atoms with Crippen molar-refractivity contribution in [2.24, 2.45) is 0 Å². The van der Waals surface area contributed by atoms with Gasteiger partial charge in [0.05, 0.1) is 24.9 Å². The number of nitrogens with one attached hydrogen (secondary N) is 2. The summed E-state index contributed by atoms with van der Waals surface area (Å²) in [5, 5.41) is 3.60. The summed E-state index contributed by atoms with van der Waals surface area (Å²) in [5.74, 6) is 1.31. The van der Waals surface area contributed by atoms with Crippen LogP contribution in [-0.2, 0) is 13.1 Å². The quantitative estimate of drug-likeness (QED) is 0.410. The number of pyridine rings is 1. The van der Waals surface area contributed by atoms with Crippen LogP contribution in [0.15, 0.2) is 71.5 Å². The van der Waals surface area contributed by atoms with Gasteiger partial charge in [-0.3, -0.25) is 4.79 Å². The number of fused-ring (bicyclic) bond motifs is 2. The van der Waals surface area contributed by atoms with Gasteiger partial charge in [0, 0.05) is 23.6 Å². The predicted octanol–water partition coefficient (Wildman–Crippen LogP) is 4.68. The largest absolute Gasteiger partial charge is 0.495 e. The first-order chi connectivity index (χ1) is 17.5. The number of hydrogen-bond donors (Lipinski definition) is 2. The molecule has 0 unspecified atom stereocenters. The lowest BCUT2D eigenvalue weighted by atomic mass is 10.1. The summed E-state index contributed by atoms with van der Waals surface area (Å²) in [6, 6.07) is 17.8. The number of nitrogens with zero attached hydrogens (tertiary/aromatic N) is 1. The minimum Gasteiger partial charge on any atom is -0.495 e. The molecule has 3 aromatic carbocycles. The smallest absolute Gasteiger partial charge is 0.322 e. The van der Waals surface area contributed by atoms with E-state index in [1.165, 1.54) is 24.1 Å². The number of carbonyl (C=O) groups is 1. The van der Waals surface area contributed by atoms with Crippen molar-refractivity contribution < 1.29 is 23.4 Å². The van der Waals surface area contributed by atoms with Gasteiger partial charge in [0.15, 0.2) is 11.5 Å². The Morgan fingerprint density at radius 3 is 2.50 bits per heavy atom. The highest BCUT2D eigenvalue weighted by Crippen LogP contribution is 2.33. The van der Waals surface area contributed by atoms with Gasteiger partial charge in [-0.15, -0.1) is 0 Å². The van der Waals surface area contributed by atoms with E-state index < -0.39 is 6.03 Å². The van der Waals surface area contributed by atoms with Gasteiger partial charge in [-0.1, -0.05) is 24.3 Å². The molecule has 5 rings (SSSR count). The van der Waals surface area contributed by atoms with Crippen molar-refractivity contribution in [3.63, 3.8) is 0 Å². The van der Waals surface area contributed by atoms with Crippen LogP contribution in [0, 0.1) is 5.82 Å². The highest BCUT2D eigenvalue weighted by Gasteiger charge is 2.20. The molecule has 8 nitrogen and oxygen atoms in total. The van der Waals surface area contributed by atoms with Gasteiger partial charge in [0.25, 0.3) is 5.56 Å². The average Bonchev–Trinajstić information content (AvgIpc) is 2.89. The van der Waals surface area contributed by atoms with Crippen LogP contribution in [0.1, 0.15) is 11.1 Å². The van der Waals surface area contributed by atoms with E-state index in [1.54, 1.807) is 48.5 Å². The second-order valence-corrected chi connectivity index (χ2v) is 8.32. The lowest BCUT2D eigenvalue weighted by Gasteiger charge is -2.24. The molecule has 0 atom stereocenters. The van der Waals surface area contributed by atoms with E-state index in [-0.39, 0.29) is 24.5 Å². The van der Waals surface area contributed by atoms with Crippen LogP contribution < -0.4 is 25.1 Å². The Bertz CT molecular complexity index is 1470. The van der Waals surface area contributed by atoms with Crippen LogP contribution >= 0.6 is 0 Å². The summed E-state index contributed by atoms with van der Waals surface area (Å²) in [7, 11) is 1.52. The number of H-pyrrole nitrogens is 1. The first kappa shape index (κ1) is 23.2. The molecule has 0 fully saturated rings. The van der Waals surface area contributed by atoms with Gasteiger partial charge in [-0.2, -0.15) is 0 Å². The maximum Gasteiger partial charge on any atom is 0.322 e. The van der Waals surface area contributed by atoms with Gasteiger partial charge in [-0.05, 0) is 42.0 Å². The zero-order chi connectivity index (χ0) is 25.1. The molecule has 2 N–H and O–H groups in total. The van der Waals surface area contributed by atoms with Gasteiger partial charge >= 0.3 is 6.03 Å². The number of hydrogen-bond acceptors (Lipinski definition) is 5. The van der Waals surface area contributed by atoms with Crippen molar-refractivity contribution in [3.05, 3.63) is 94.0 Å². The van der Waals surface area contributed by atoms with Crippen LogP contribution in [0.4, 0.5) is 14.9 Å². The first-order valence-electron chi connectivity index (χ1n) is 11.4. The second kappa shape index (κ2) is 9.99. The Balaban J connectivity index is 1.47. The molecule has 1 aliphatic heterocycles. The zero-order valence-electron chi connectivity index (χ0n) is 19.5. The lowest BCUT2D eigenvalue weighted by Crippen LogP contribution is -2.35. The molecule has 0 saturated carbocycles. The fraction of sp³-hybridized carbons (Fsp3) is 0.185. The van der Waals surface area contributed by atoms with Crippen LogP contribution in [0.5, 0.6) is 17.2 Å². The molecular formula is C27H24FN3O5. The number of rotatable bonds is 6. The third-order valence-corrected chi connectivity index (χ3v) is 5.87. The molecule has 2 amide bonds. The highest BCUT2D eigenvalue weighted by molar-refractivity contribution is 5.91. The molecule has 184 valence electrons. The maximum atomic E-state index is 13.5. The molecule has 9 heteroatoms. The summed E-state index contributed by atoms with van der Waals surface area (Å²) < 4.78 is 30.1. The molecule has 0 bridgehead atoms. The Kier molecular flexibility index (Phi) is 6.44. The molecule has 1 aliphatic rings. The Labute approximate surface area is 206 Å². The minimum atomic E-state index is -0.439. The number of carbonyl (C=O) groups excluding carboxylic acids is 1. The molecule has 1 aromatic heterocycles. The summed E-state index contributed by atoms with van der Waals surface area (Å²) >= 11 is 0. The van der Waals surface area contributed by atoms with E-state index in [0.717, 1.165) is 5.39 Å². The van der Waals surface area contributed by atoms with Crippen LogP contribution in [0.2, 0.25) is 0 Å². The number of urea groups is 1. The molecule has 2 heterocycles. The van der Waals surface area contributed by atoms with Crippen molar-refractivity contribution in [1.82, 2.24) is 9.88 Å². The van der Waals surface area contributed by atoms with Crippen LogP contribution in [0.25, 0.3) is 10.9 Å². The number of amides is 2. The highest BCUT2D eigenvalue weighted by atomic mass is 19.1. The van der Waals surface area contributed by atoms with E-state index in [4.69, 9.17) is 14.2 Å². The van der Waals surface area contributed by atoms with Crippen molar-refractivity contribution >= 4 is 22.6 Å². The second-order valence-electron chi connectivity index (χ2n) is 8.32. The van der Waals surface area contributed by atoms with E-state index in [1.807, 2.05) is 6.07 Å². The normalized spacial score (nSPS) is 12.3. The fourth-order valence-electron chi connectivity index (χ4n) is 4.06. The third kappa shape index (κ3) is 4.95. The topological polar surface area (TPSA) is 92.9 Å². The Morgan fingerprint density at radius 1 is 1.03 bits per heavy atom. The molecule has 0 saturated heterocycles. The maximum absolute atomic E-state index is 13.5. The molecule has 4 aromatic rings. The summed E-state index contributed by atoms with van der Waals surface area (Å²) in [6.45, 7) is 1.06. The molecule has 0 radical (unpaired) electrons. The van der Waals surface area contributed by atoms with Crippen LogP contribution in [-0.4, -0.2) is 36.2 Å². The monoisotopic (exact) mass is 489 g/mol. The van der Waals surface area contributed by atoms with Crippen molar-refractivity contribution in [3.8, 4) is 17.2 Å². The SMILES string of the molecule is COc1ccccc1NC(=O)N(Cc1ccc(F)cc1)Cc1cc2cc3c(cc2[nH]c1=O)OCCO3. The lowest BCUT2D eigenvalue weighted by molar-refractivity contribution is 0.172. The van der Waals surface area contributed by atoms with Gasteiger partial charge in [0.1, 0.15) is 24.8 Å². The molecule has 0 aliphatic carbocycles. The zero-order valence-corrected chi connectivity index (χ0v) is 19.5. The van der Waals surface area contributed by atoms with E-state index in [0.29, 0.717) is 52.8 Å². The number of para-hydroxylation sites is 2. The predicted molar refractivity (Wildman–Crippen MR) is 133 cm³/mol. The number of aromatic nitrogens is 1. The number of ether oxygens (including phenoxy) is 3. The van der Waals surface area contributed by atoms with Gasteiger partial charge < -0.3 is 29.4 Å². The summed E-state index contributed by atoms with van der Waals surface area (Å²) in [5.41, 5.74) is 1.87. The number of methoxy groups -OCH3 is 1. The number of benzene rings is 3. The van der Waals surface area contributed by atoms with E-state index in [9.17, 15) is 14.0 Å². The van der Waals surface area contributed by atoms with E-state index >= 15 is 0 Å². The molecule has 0 spiro atoms. The molecule has 36 heavy (non-hydrogen) atoms.